The number of nitrogens with zero attached hydrogens (tertiary/aromatic N) is 3. The Hall–Kier alpha value is -0.870. The van der Waals surface area contributed by atoms with Crippen LogP contribution in [0.4, 0.5) is 0 Å². The summed E-state index contributed by atoms with van der Waals surface area (Å²) in [5.41, 5.74) is 1.17. The molecule has 0 aromatic carbocycles. The van der Waals surface area contributed by atoms with Crippen LogP contribution in [0.1, 0.15) is 12.5 Å². The van der Waals surface area contributed by atoms with Crippen molar-refractivity contribution >= 4 is 0 Å². The zero-order chi connectivity index (χ0) is 9.84. The molecule has 0 bridgehead atoms. The lowest BCUT2D eigenvalue weighted by Gasteiger charge is -2.16. The molecule has 1 aromatic heterocycles. The Morgan fingerprint density at radius 2 is 2.38 bits per heavy atom. The maximum atomic E-state index is 9.14. The Balaban J connectivity index is 2.40. The summed E-state index contributed by atoms with van der Waals surface area (Å²) in [4.78, 5) is 2.07. The van der Waals surface area contributed by atoms with Crippen LogP contribution in [0.25, 0.3) is 0 Å². The summed E-state index contributed by atoms with van der Waals surface area (Å²) in [6, 6.07) is 0. The Kier molecular flexibility index (Phi) is 3.45. The molecule has 1 N–H and O–H groups in total. The number of aryl methyl sites for hydroxylation is 1. The lowest BCUT2D eigenvalue weighted by atomic mass is 10.3. The van der Waals surface area contributed by atoms with E-state index in [1.165, 1.54) is 5.56 Å². The Labute approximate surface area is 78.8 Å². The van der Waals surface area contributed by atoms with Crippen molar-refractivity contribution in [3.63, 3.8) is 0 Å². The Bertz CT molecular complexity index is 257. The molecule has 0 aliphatic carbocycles. The Morgan fingerprint density at radius 3 is 2.85 bits per heavy atom. The van der Waals surface area contributed by atoms with E-state index >= 15 is 0 Å². The van der Waals surface area contributed by atoms with Gasteiger partial charge in [0.1, 0.15) is 0 Å². The molecule has 0 aliphatic rings. The normalized spacial score (nSPS) is 13.6. The second kappa shape index (κ2) is 4.39. The molecule has 0 fully saturated rings. The van der Waals surface area contributed by atoms with E-state index in [-0.39, 0.29) is 6.10 Å². The van der Waals surface area contributed by atoms with E-state index in [4.69, 9.17) is 5.11 Å². The van der Waals surface area contributed by atoms with Crippen molar-refractivity contribution in [2.24, 2.45) is 7.05 Å². The van der Waals surface area contributed by atoms with Gasteiger partial charge in [0.2, 0.25) is 0 Å². The van der Waals surface area contributed by atoms with Gasteiger partial charge in [-0.3, -0.25) is 9.58 Å². The largest absolute Gasteiger partial charge is 0.392 e. The molecular weight excluding hydrogens is 166 g/mol. The fraction of sp³-hybridized carbons (Fsp3) is 0.667. The zero-order valence-corrected chi connectivity index (χ0v) is 8.44. The lowest BCUT2D eigenvalue weighted by Crippen LogP contribution is -2.26. The summed E-state index contributed by atoms with van der Waals surface area (Å²) in [6.07, 6.45) is 3.55. The third-order valence-corrected chi connectivity index (χ3v) is 1.79. The molecule has 4 heteroatoms. The van der Waals surface area contributed by atoms with Crippen molar-refractivity contribution in [2.45, 2.75) is 19.6 Å². The minimum absolute atomic E-state index is 0.276. The molecule has 0 saturated heterocycles. The van der Waals surface area contributed by atoms with Crippen molar-refractivity contribution in [3.8, 4) is 0 Å². The van der Waals surface area contributed by atoms with Gasteiger partial charge >= 0.3 is 0 Å². The molecule has 0 amide bonds. The van der Waals surface area contributed by atoms with Gasteiger partial charge in [0.15, 0.2) is 0 Å². The lowest BCUT2D eigenvalue weighted by molar-refractivity contribution is 0.138. The van der Waals surface area contributed by atoms with Gasteiger partial charge in [0, 0.05) is 31.9 Å². The molecule has 0 aliphatic heterocycles. The first-order valence-electron chi connectivity index (χ1n) is 4.42. The van der Waals surface area contributed by atoms with Crippen LogP contribution < -0.4 is 0 Å². The van der Waals surface area contributed by atoms with E-state index in [2.05, 4.69) is 10.00 Å². The van der Waals surface area contributed by atoms with Gasteiger partial charge in [0.05, 0.1) is 12.3 Å². The quantitative estimate of drug-likeness (QED) is 0.726. The van der Waals surface area contributed by atoms with Crippen LogP contribution >= 0.6 is 0 Å². The smallest absolute Gasteiger partial charge is 0.0639 e. The number of aliphatic hydroxyl groups excluding tert-OH is 1. The summed E-state index contributed by atoms with van der Waals surface area (Å²) >= 11 is 0. The van der Waals surface area contributed by atoms with Gasteiger partial charge < -0.3 is 5.11 Å². The number of likely N-dealkylation sites (N-methyl/N-ethyl adjacent to an activating group) is 1. The third-order valence-electron chi connectivity index (χ3n) is 1.79. The predicted octanol–water partition coefficient (Wildman–Crippen LogP) is 0.233. The first-order valence-corrected chi connectivity index (χ1v) is 4.42. The highest BCUT2D eigenvalue weighted by atomic mass is 16.3. The van der Waals surface area contributed by atoms with E-state index in [9.17, 15) is 0 Å². The van der Waals surface area contributed by atoms with Crippen LogP contribution in [0, 0.1) is 0 Å². The molecule has 1 rings (SSSR count). The van der Waals surface area contributed by atoms with Crippen LogP contribution in [0.5, 0.6) is 0 Å². The van der Waals surface area contributed by atoms with Gasteiger partial charge in [-0.05, 0) is 14.0 Å². The number of hydrogen-bond acceptors (Lipinski definition) is 3. The minimum atomic E-state index is -0.276. The molecule has 0 radical (unpaired) electrons. The summed E-state index contributed by atoms with van der Waals surface area (Å²) < 4.78 is 1.78. The van der Waals surface area contributed by atoms with E-state index < -0.39 is 0 Å². The van der Waals surface area contributed by atoms with Crippen LogP contribution in [-0.4, -0.2) is 39.5 Å². The maximum absolute atomic E-state index is 9.14. The van der Waals surface area contributed by atoms with E-state index in [0.717, 1.165) is 6.54 Å². The van der Waals surface area contributed by atoms with Gasteiger partial charge in [-0.1, -0.05) is 0 Å². The predicted molar refractivity (Wildman–Crippen MR) is 51.2 cm³/mol. The molecule has 1 atom stereocenters. The van der Waals surface area contributed by atoms with E-state index in [0.29, 0.717) is 6.54 Å². The number of aromatic nitrogens is 2. The van der Waals surface area contributed by atoms with Gasteiger partial charge in [-0.15, -0.1) is 0 Å². The molecule has 1 heterocycles. The Morgan fingerprint density at radius 1 is 1.69 bits per heavy atom. The highest BCUT2D eigenvalue weighted by molar-refractivity contribution is 5.02. The van der Waals surface area contributed by atoms with Crippen molar-refractivity contribution in [1.29, 1.82) is 0 Å². The van der Waals surface area contributed by atoms with Gasteiger partial charge in [0.25, 0.3) is 0 Å². The van der Waals surface area contributed by atoms with Crippen LogP contribution in [0.2, 0.25) is 0 Å². The van der Waals surface area contributed by atoms with Crippen LogP contribution in [0.15, 0.2) is 12.4 Å². The maximum Gasteiger partial charge on any atom is 0.0639 e. The molecule has 1 aromatic rings. The molecular formula is C9H17N3O. The summed E-state index contributed by atoms with van der Waals surface area (Å²) in [5.74, 6) is 0. The standard InChI is InChI=1S/C9H17N3O/c1-8(13)5-11(2)6-9-4-10-12(3)7-9/h4,7-8,13H,5-6H2,1-3H3. The fourth-order valence-electron chi connectivity index (χ4n) is 1.38. The van der Waals surface area contributed by atoms with Crippen LogP contribution in [-0.2, 0) is 13.6 Å². The van der Waals surface area contributed by atoms with Gasteiger partial charge in [-0.2, -0.15) is 5.10 Å². The number of aliphatic hydroxyl groups is 1. The summed E-state index contributed by atoms with van der Waals surface area (Å²) in [5, 5.41) is 13.2. The molecule has 0 saturated carbocycles. The number of hydrogen-bond donors (Lipinski definition) is 1. The van der Waals surface area contributed by atoms with Gasteiger partial charge in [-0.25, -0.2) is 0 Å². The second-order valence-electron chi connectivity index (χ2n) is 3.57. The third kappa shape index (κ3) is 3.57. The number of rotatable bonds is 4. The highest BCUT2D eigenvalue weighted by Gasteiger charge is 2.04. The molecule has 74 valence electrons. The zero-order valence-electron chi connectivity index (χ0n) is 8.44. The van der Waals surface area contributed by atoms with E-state index in [1.807, 2.05) is 26.5 Å². The fourth-order valence-corrected chi connectivity index (χ4v) is 1.38. The summed E-state index contributed by atoms with van der Waals surface area (Å²) in [7, 11) is 3.89. The van der Waals surface area contributed by atoms with Crippen LogP contribution in [0.3, 0.4) is 0 Å². The van der Waals surface area contributed by atoms with Crippen molar-refractivity contribution in [3.05, 3.63) is 18.0 Å². The second-order valence-corrected chi connectivity index (χ2v) is 3.57. The molecule has 1 unspecified atom stereocenters. The average Bonchev–Trinajstić information content (AvgIpc) is 2.33. The first-order chi connectivity index (χ1) is 6.08. The van der Waals surface area contributed by atoms with Crippen molar-refractivity contribution < 1.29 is 5.11 Å². The molecule has 13 heavy (non-hydrogen) atoms. The van der Waals surface area contributed by atoms with Crippen molar-refractivity contribution in [1.82, 2.24) is 14.7 Å². The molecule has 0 spiro atoms. The van der Waals surface area contributed by atoms with Crippen molar-refractivity contribution in [2.75, 3.05) is 13.6 Å². The molecule has 4 nitrogen and oxygen atoms in total. The minimum Gasteiger partial charge on any atom is -0.392 e. The average molecular weight is 183 g/mol. The topological polar surface area (TPSA) is 41.3 Å². The van der Waals surface area contributed by atoms with E-state index in [1.54, 1.807) is 11.6 Å². The SMILES string of the molecule is CC(O)CN(C)Cc1cnn(C)c1. The first kappa shape index (κ1) is 10.2. The monoisotopic (exact) mass is 183 g/mol. The summed E-state index contributed by atoms with van der Waals surface area (Å²) in [6.45, 7) is 3.31. The highest BCUT2D eigenvalue weighted by Crippen LogP contribution is 2.01.